The van der Waals surface area contributed by atoms with Gasteiger partial charge in [0.15, 0.2) is 0 Å². The number of hydrogen-bond acceptors (Lipinski definition) is 5. The van der Waals surface area contributed by atoms with E-state index in [9.17, 15) is 4.79 Å². The summed E-state index contributed by atoms with van der Waals surface area (Å²) >= 11 is 0. The van der Waals surface area contributed by atoms with Crippen molar-refractivity contribution in [3.8, 4) is 5.88 Å². The lowest BCUT2D eigenvalue weighted by atomic mass is 9.66. The Morgan fingerprint density at radius 3 is 2.89 bits per heavy atom. The molecule has 1 aromatic rings. The third-order valence-corrected chi connectivity index (χ3v) is 4.42. The van der Waals surface area contributed by atoms with Crippen LogP contribution in [-0.2, 0) is 0 Å². The highest BCUT2D eigenvalue weighted by atomic mass is 16.5. The molecule has 2 N–H and O–H groups in total. The van der Waals surface area contributed by atoms with Crippen molar-refractivity contribution in [2.45, 2.75) is 25.3 Å². The van der Waals surface area contributed by atoms with Crippen LogP contribution in [0.1, 0.15) is 29.8 Å². The Labute approximate surface area is 112 Å². The number of amides is 1. The minimum atomic E-state index is -0.0834. The largest absolute Gasteiger partial charge is 0.481 e. The lowest BCUT2D eigenvalue weighted by Crippen LogP contribution is -2.45. The molecule has 1 aliphatic heterocycles. The van der Waals surface area contributed by atoms with Crippen LogP contribution in [0, 0.1) is 5.41 Å². The first-order chi connectivity index (χ1) is 9.14. The quantitative estimate of drug-likeness (QED) is 0.836. The van der Waals surface area contributed by atoms with E-state index in [0.29, 0.717) is 18.1 Å². The second-order valence-electron chi connectivity index (χ2n) is 5.45. The van der Waals surface area contributed by atoms with Crippen LogP contribution in [-0.4, -0.2) is 47.0 Å². The van der Waals surface area contributed by atoms with Crippen molar-refractivity contribution >= 4 is 5.91 Å². The summed E-state index contributed by atoms with van der Waals surface area (Å²) in [5, 5.41) is 0. The molecule has 1 amide bonds. The van der Waals surface area contributed by atoms with Gasteiger partial charge in [-0.3, -0.25) is 4.79 Å². The fourth-order valence-corrected chi connectivity index (χ4v) is 3.04. The molecule has 1 spiro atoms. The zero-order chi connectivity index (χ0) is 13.5. The number of hydrogen-bond donors (Lipinski definition) is 1. The van der Waals surface area contributed by atoms with E-state index < -0.39 is 0 Å². The predicted octanol–water partition coefficient (Wildman–Crippen LogP) is 0.439. The molecular weight excluding hydrogens is 244 g/mol. The molecule has 2 fully saturated rings. The Morgan fingerprint density at radius 2 is 2.32 bits per heavy atom. The number of nitrogens with two attached hydrogens (primary N) is 1. The van der Waals surface area contributed by atoms with Crippen LogP contribution >= 0.6 is 0 Å². The van der Waals surface area contributed by atoms with Gasteiger partial charge < -0.3 is 15.4 Å². The van der Waals surface area contributed by atoms with Gasteiger partial charge >= 0.3 is 0 Å². The molecule has 1 saturated carbocycles. The number of likely N-dealkylation sites (tertiary alicyclic amines) is 1. The Hall–Kier alpha value is -1.69. The van der Waals surface area contributed by atoms with Crippen molar-refractivity contribution in [3.05, 3.63) is 18.1 Å². The maximum Gasteiger partial charge on any atom is 0.272 e. The maximum atomic E-state index is 12.4. The second-order valence-corrected chi connectivity index (χ2v) is 5.45. The predicted molar refractivity (Wildman–Crippen MR) is 68.7 cm³/mol. The van der Waals surface area contributed by atoms with Gasteiger partial charge in [-0.25, -0.2) is 9.97 Å². The smallest absolute Gasteiger partial charge is 0.272 e. The van der Waals surface area contributed by atoms with Crippen molar-refractivity contribution in [3.63, 3.8) is 0 Å². The van der Waals surface area contributed by atoms with E-state index in [-0.39, 0.29) is 17.4 Å². The topological polar surface area (TPSA) is 81.3 Å². The monoisotopic (exact) mass is 262 g/mol. The highest BCUT2D eigenvalue weighted by Gasteiger charge is 2.50. The summed E-state index contributed by atoms with van der Waals surface area (Å²) in [7, 11) is 1.52. The van der Waals surface area contributed by atoms with Gasteiger partial charge in [0.1, 0.15) is 12.0 Å². The first-order valence-electron chi connectivity index (χ1n) is 6.55. The summed E-state index contributed by atoms with van der Waals surface area (Å²) in [6.45, 7) is 1.37. The number of rotatable bonds is 2. The molecule has 1 aromatic heterocycles. The molecule has 0 bridgehead atoms. The molecule has 1 saturated heterocycles. The number of nitrogens with zero attached hydrogens (tertiary/aromatic N) is 3. The fraction of sp³-hybridized carbons (Fsp3) is 0.615. The molecule has 6 heteroatoms. The standard InChI is InChI=1S/C13H18N4O2/c1-19-11-5-9(15-8-16-11)12(18)17-6-10(14)13(7-17)3-2-4-13/h5,8,10H,2-4,6-7,14H2,1H3. The molecule has 1 aliphatic carbocycles. The Bertz CT molecular complexity index is 501. The van der Waals surface area contributed by atoms with Crippen molar-refractivity contribution in [1.29, 1.82) is 0 Å². The molecule has 2 heterocycles. The molecule has 1 unspecified atom stereocenters. The summed E-state index contributed by atoms with van der Waals surface area (Å²) in [6.07, 6.45) is 4.83. The molecule has 6 nitrogen and oxygen atoms in total. The van der Waals surface area contributed by atoms with Crippen molar-refractivity contribution in [2.24, 2.45) is 11.1 Å². The van der Waals surface area contributed by atoms with Gasteiger partial charge in [0.25, 0.3) is 5.91 Å². The van der Waals surface area contributed by atoms with E-state index >= 15 is 0 Å². The van der Waals surface area contributed by atoms with Crippen LogP contribution in [0.15, 0.2) is 12.4 Å². The SMILES string of the molecule is COc1cc(C(=O)N2CC(N)C3(CCC3)C2)ncn1. The van der Waals surface area contributed by atoms with Gasteiger partial charge in [0.05, 0.1) is 7.11 Å². The van der Waals surface area contributed by atoms with E-state index in [0.717, 1.165) is 19.4 Å². The molecule has 0 radical (unpaired) electrons. The summed E-state index contributed by atoms with van der Waals surface area (Å²) in [6, 6.07) is 1.66. The zero-order valence-electron chi connectivity index (χ0n) is 11.0. The van der Waals surface area contributed by atoms with Crippen LogP contribution in [0.5, 0.6) is 5.88 Å². The normalized spacial score (nSPS) is 24.3. The van der Waals surface area contributed by atoms with Gasteiger partial charge in [-0.05, 0) is 12.8 Å². The first kappa shape index (κ1) is 12.3. The van der Waals surface area contributed by atoms with E-state index in [1.165, 1.54) is 19.9 Å². The summed E-state index contributed by atoms with van der Waals surface area (Å²) in [5.74, 6) is 0.320. The molecule has 0 aromatic carbocycles. The number of aromatic nitrogens is 2. The number of carbonyl (C=O) groups is 1. The van der Waals surface area contributed by atoms with Gasteiger partial charge in [-0.2, -0.15) is 0 Å². The van der Waals surface area contributed by atoms with Crippen LogP contribution in [0.2, 0.25) is 0 Å². The molecule has 1 atom stereocenters. The van der Waals surface area contributed by atoms with Crippen molar-refractivity contribution in [2.75, 3.05) is 20.2 Å². The highest BCUT2D eigenvalue weighted by molar-refractivity contribution is 5.92. The van der Waals surface area contributed by atoms with Crippen LogP contribution in [0.3, 0.4) is 0 Å². The van der Waals surface area contributed by atoms with Gasteiger partial charge in [-0.15, -0.1) is 0 Å². The minimum Gasteiger partial charge on any atom is -0.481 e. The van der Waals surface area contributed by atoms with Crippen LogP contribution < -0.4 is 10.5 Å². The van der Waals surface area contributed by atoms with Crippen molar-refractivity contribution < 1.29 is 9.53 Å². The Morgan fingerprint density at radius 1 is 1.53 bits per heavy atom. The molecule has 2 aliphatic rings. The van der Waals surface area contributed by atoms with E-state index in [1.54, 1.807) is 6.07 Å². The summed E-state index contributed by atoms with van der Waals surface area (Å²) in [4.78, 5) is 22.2. The maximum absolute atomic E-state index is 12.4. The third kappa shape index (κ3) is 1.96. The summed E-state index contributed by atoms with van der Waals surface area (Å²) in [5.41, 5.74) is 6.72. The number of methoxy groups -OCH3 is 1. The van der Waals surface area contributed by atoms with Crippen LogP contribution in [0.4, 0.5) is 0 Å². The third-order valence-electron chi connectivity index (χ3n) is 4.42. The van der Waals surface area contributed by atoms with E-state index in [1.807, 2.05) is 4.90 Å². The Kier molecular flexibility index (Phi) is 2.89. The van der Waals surface area contributed by atoms with E-state index in [2.05, 4.69) is 9.97 Å². The minimum absolute atomic E-state index is 0.0834. The lowest BCUT2D eigenvalue weighted by Gasteiger charge is -2.41. The average Bonchev–Trinajstić information content (AvgIpc) is 2.75. The van der Waals surface area contributed by atoms with E-state index in [4.69, 9.17) is 10.5 Å². The van der Waals surface area contributed by atoms with Crippen molar-refractivity contribution in [1.82, 2.24) is 14.9 Å². The first-order valence-corrected chi connectivity index (χ1v) is 6.55. The highest BCUT2D eigenvalue weighted by Crippen LogP contribution is 2.47. The zero-order valence-corrected chi connectivity index (χ0v) is 11.0. The number of ether oxygens (including phenoxy) is 1. The molecule has 3 rings (SSSR count). The molecular formula is C13H18N4O2. The second kappa shape index (κ2) is 4.45. The molecule has 102 valence electrons. The summed E-state index contributed by atoms with van der Waals surface area (Å²) < 4.78 is 5.02. The number of carbonyl (C=O) groups excluding carboxylic acids is 1. The molecule has 19 heavy (non-hydrogen) atoms. The van der Waals surface area contributed by atoms with Gasteiger partial charge in [-0.1, -0.05) is 6.42 Å². The Balaban J connectivity index is 1.77. The van der Waals surface area contributed by atoms with Crippen LogP contribution in [0.25, 0.3) is 0 Å². The lowest BCUT2D eigenvalue weighted by molar-refractivity contribution is 0.0720. The van der Waals surface area contributed by atoms with Gasteiger partial charge in [0.2, 0.25) is 5.88 Å². The average molecular weight is 262 g/mol. The fourth-order valence-electron chi connectivity index (χ4n) is 3.04. The van der Waals surface area contributed by atoms with Gasteiger partial charge in [0, 0.05) is 30.6 Å².